The second-order valence-corrected chi connectivity index (χ2v) is 11.3. The van der Waals surface area contributed by atoms with Gasteiger partial charge >= 0.3 is 5.97 Å². The first-order chi connectivity index (χ1) is 16.4. The summed E-state index contributed by atoms with van der Waals surface area (Å²) in [4.78, 5) is 40.3. The normalized spacial score (nSPS) is 29.7. The van der Waals surface area contributed by atoms with Crippen molar-refractivity contribution in [3.63, 3.8) is 0 Å². The number of likely N-dealkylation sites (tertiary alicyclic amines) is 1. The topological polar surface area (TPSA) is 116 Å². The minimum absolute atomic E-state index is 0.0314. The molecule has 2 saturated carbocycles. The van der Waals surface area contributed by atoms with E-state index >= 15 is 0 Å². The third kappa shape index (κ3) is 4.59. The number of amides is 2. The number of carbonyl (C=O) groups excluding carboxylic acids is 3. The molecule has 3 aliphatic rings. The van der Waals surface area contributed by atoms with Crippen LogP contribution in [0.3, 0.4) is 0 Å². The van der Waals surface area contributed by atoms with Crippen LogP contribution in [0.25, 0.3) is 0 Å². The van der Waals surface area contributed by atoms with Gasteiger partial charge in [-0.05, 0) is 74.5 Å². The molecule has 1 heterocycles. The Hall–Kier alpha value is -2.77. The summed E-state index contributed by atoms with van der Waals surface area (Å²) < 4.78 is 6.06. The molecule has 35 heavy (non-hydrogen) atoms. The lowest BCUT2D eigenvalue weighted by Gasteiger charge is -2.39. The van der Waals surface area contributed by atoms with E-state index in [9.17, 15) is 24.6 Å². The fraction of sp³-hybridized carbons (Fsp3) is 0.667. The van der Waals surface area contributed by atoms with Crippen molar-refractivity contribution in [1.82, 2.24) is 10.2 Å². The zero-order chi connectivity index (χ0) is 25.5. The van der Waals surface area contributed by atoms with E-state index in [1.54, 1.807) is 17.9 Å². The molecule has 3 fully saturated rings. The van der Waals surface area contributed by atoms with Crippen LogP contribution in [0.1, 0.15) is 71.8 Å². The first-order valence-corrected chi connectivity index (χ1v) is 12.7. The molecule has 0 radical (unpaired) electrons. The molecule has 8 nitrogen and oxygen atoms in total. The smallest absolute Gasteiger partial charge is 0.329 e. The van der Waals surface area contributed by atoms with Crippen LogP contribution < -0.4 is 5.32 Å². The summed E-state index contributed by atoms with van der Waals surface area (Å²) in [5.74, 6) is -0.785. The largest absolute Gasteiger partial charge is 0.504 e. The second-order valence-electron chi connectivity index (χ2n) is 11.3. The summed E-state index contributed by atoms with van der Waals surface area (Å²) in [5.41, 5.74) is 0.811. The van der Waals surface area contributed by atoms with Crippen LogP contribution in [0, 0.1) is 16.7 Å². The average Bonchev–Trinajstić information content (AvgIpc) is 3.43. The highest BCUT2D eigenvalue weighted by molar-refractivity contribution is 5.91. The van der Waals surface area contributed by atoms with Crippen LogP contribution >= 0.6 is 0 Å². The molecule has 5 atom stereocenters. The third-order valence-corrected chi connectivity index (χ3v) is 9.21. The molecule has 192 valence electrons. The number of aryl methyl sites for hydroxylation is 1. The number of nitrogens with zero attached hydrogens (tertiary/aromatic N) is 1. The number of hydrogen-bond acceptors (Lipinski definition) is 6. The van der Waals surface area contributed by atoms with Gasteiger partial charge in [0, 0.05) is 18.4 Å². The predicted molar refractivity (Wildman–Crippen MR) is 130 cm³/mol. The molecule has 1 saturated heterocycles. The number of fused-ring (bicyclic) bond motifs is 2. The van der Waals surface area contributed by atoms with Gasteiger partial charge in [-0.15, -0.1) is 0 Å². The fourth-order valence-corrected chi connectivity index (χ4v) is 6.41. The zero-order valence-electron chi connectivity index (χ0n) is 21.2. The molecular weight excluding hydrogens is 448 g/mol. The van der Waals surface area contributed by atoms with Crippen LogP contribution in [0.15, 0.2) is 18.2 Å². The summed E-state index contributed by atoms with van der Waals surface area (Å²) >= 11 is 0. The summed E-state index contributed by atoms with van der Waals surface area (Å²) in [6.45, 7) is 8.89. The Labute approximate surface area is 207 Å². The van der Waals surface area contributed by atoms with Gasteiger partial charge in [0.25, 0.3) is 0 Å². The maximum Gasteiger partial charge on any atom is 0.329 e. The van der Waals surface area contributed by atoms with E-state index in [1.807, 2.05) is 0 Å². The Balaban J connectivity index is 1.30. The van der Waals surface area contributed by atoms with E-state index in [2.05, 4.69) is 26.1 Å². The third-order valence-electron chi connectivity index (χ3n) is 9.21. The van der Waals surface area contributed by atoms with Crippen LogP contribution in [0.4, 0.5) is 0 Å². The maximum absolute atomic E-state index is 13.2. The molecule has 2 bridgehead atoms. The van der Waals surface area contributed by atoms with E-state index in [4.69, 9.17) is 4.74 Å². The summed E-state index contributed by atoms with van der Waals surface area (Å²) in [7, 11) is 0. The lowest BCUT2D eigenvalue weighted by atomic mass is 9.70. The van der Waals surface area contributed by atoms with Gasteiger partial charge in [0.05, 0.1) is 0 Å². The molecule has 0 aromatic heterocycles. The minimum atomic E-state index is -0.761. The quantitative estimate of drug-likeness (QED) is 0.402. The van der Waals surface area contributed by atoms with Crippen molar-refractivity contribution < 1.29 is 29.3 Å². The van der Waals surface area contributed by atoms with Crippen LogP contribution in [0.5, 0.6) is 11.5 Å². The van der Waals surface area contributed by atoms with Gasteiger partial charge in [0.2, 0.25) is 11.8 Å². The van der Waals surface area contributed by atoms with Gasteiger partial charge in [-0.1, -0.05) is 26.8 Å². The Bertz CT molecular complexity index is 1010. The van der Waals surface area contributed by atoms with Crippen molar-refractivity contribution >= 4 is 17.8 Å². The monoisotopic (exact) mass is 486 g/mol. The number of rotatable bonds is 7. The molecule has 3 N–H and O–H groups in total. The van der Waals surface area contributed by atoms with Gasteiger partial charge < -0.3 is 25.2 Å². The van der Waals surface area contributed by atoms with Crippen molar-refractivity contribution in [3.05, 3.63) is 23.8 Å². The molecule has 2 amide bonds. The molecule has 8 heteroatoms. The molecule has 5 unspecified atom stereocenters. The number of hydrogen-bond donors (Lipinski definition) is 3. The van der Waals surface area contributed by atoms with Crippen molar-refractivity contribution in [2.45, 2.75) is 90.8 Å². The van der Waals surface area contributed by atoms with E-state index in [1.165, 1.54) is 18.6 Å². The molecule has 1 aromatic rings. The van der Waals surface area contributed by atoms with E-state index in [0.717, 1.165) is 19.3 Å². The van der Waals surface area contributed by atoms with Crippen LogP contribution in [-0.4, -0.2) is 57.6 Å². The van der Waals surface area contributed by atoms with Gasteiger partial charge in [0.1, 0.15) is 18.2 Å². The Morgan fingerprint density at radius 2 is 1.91 bits per heavy atom. The van der Waals surface area contributed by atoms with Gasteiger partial charge in [-0.3, -0.25) is 9.59 Å². The summed E-state index contributed by atoms with van der Waals surface area (Å²) in [5, 5.41) is 21.7. The molecule has 1 aliphatic heterocycles. The van der Waals surface area contributed by atoms with Gasteiger partial charge in [-0.25, -0.2) is 4.79 Å². The number of aromatic hydroxyl groups is 2. The van der Waals surface area contributed by atoms with Crippen molar-refractivity contribution in [3.8, 4) is 11.5 Å². The van der Waals surface area contributed by atoms with Crippen molar-refractivity contribution in [1.29, 1.82) is 0 Å². The van der Waals surface area contributed by atoms with Gasteiger partial charge in [0.15, 0.2) is 11.5 Å². The highest BCUT2D eigenvalue weighted by atomic mass is 16.5. The summed E-state index contributed by atoms with van der Waals surface area (Å²) in [6, 6.07) is 3.06. The van der Waals surface area contributed by atoms with E-state index in [0.29, 0.717) is 30.9 Å². The van der Waals surface area contributed by atoms with Gasteiger partial charge in [-0.2, -0.15) is 0 Å². The molecule has 4 rings (SSSR count). The van der Waals surface area contributed by atoms with Crippen molar-refractivity contribution in [2.24, 2.45) is 16.7 Å². The fourth-order valence-electron chi connectivity index (χ4n) is 6.41. The molecule has 2 aliphatic carbocycles. The number of ether oxygens (including phenoxy) is 1. The SMILES string of the molecule is CC(NC(=O)CCc1ccc(O)c(O)c1)C(=O)N1CCCC1C(=O)OC1CC2CCC1(C)C2(C)C. The van der Waals surface area contributed by atoms with Crippen molar-refractivity contribution in [2.75, 3.05) is 6.54 Å². The average molecular weight is 487 g/mol. The van der Waals surface area contributed by atoms with Crippen LogP contribution in [0.2, 0.25) is 0 Å². The summed E-state index contributed by atoms with van der Waals surface area (Å²) in [6.07, 6.45) is 4.80. The molecule has 0 spiro atoms. The number of esters is 1. The second kappa shape index (κ2) is 9.36. The Kier molecular flexibility index (Phi) is 6.77. The molecule has 1 aromatic carbocycles. The number of phenols is 2. The lowest BCUT2D eigenvalue weighted by molar-refractivity contribution is -0.165. The maximum atomic E-state index is 13.2. The highest BCUT2D eigenvalue weighted by Crippen LogP contribution is 2.66. The van der Waals surface area contributed by atoms with E-state index in [-0.39, 0.29) is 52.6 Å². The first kappa shape index (κ1) is 25.3. The highest BCUT2D eigenvalue weighted by Gasteiger charge is 2.63. The van der Waals surface area contributed by atoms with Crippen LogP contribution in [-0.2, 0) is 25.5 Å². The Morgan fingerprint density at radius 1 is 1.17 bits per heavy atom. The number of phenolic OH excluding ortho intramolecular Hbond substituents is 2. The standard InChI is InChI=1S/C27H38N2O6/c1-16(28-23(32)10-8-17-7-9-20(30)21(31)14-17)24(33)29-13-5-6-19(29)25(34)35-22-15-18-11-12-27(22,4)26(18,2)3/h7,9,14,16,18-19,22,30-31H,5-6,8,10-13,15H2,1-4H3,(H,28,32). The first-order valence-electron chi connectivity index (χ1n) is 12.7. The number of benzene rings is 1. The predicted octanol–water partition coefficient (Wildman–Crippen LogP) is 3.28. The lowest BCUT2D eigenvalue weighted by Crippen LogP contribution is -2.51. The zero-order valence-corrected chi connectivity index (χ0v) is 21.2. The number of carbonyl (C=O) groups is 3. The van der Waals surface area contributed by atoms with E-state index < -0.39 is 12.1 Å². The minimum Gasteiger partial charge on any atom is -0.504 e. The Morgan fingerprint density at radius 3 is 2.54 bits per heavy atom. The molecular formula is C27H38N2O6. The number of nitrogens with one attached hydrogen (secondary N) is 1.